The van der Waals surface area contributed by atoms with E-state index in [1.54, 1.807) is 0 Å². The molecule has 0 aliphatic heterocycles. The number of fused-ring (bicyclic) bond motifs is 6. The van der Waals surface area contributed by atoms with E-state index >= 15 is 0 Å². The summed E-state index contributed by atoms with van der Waals surface area (Å²) in [5, 5.41) is 18.0. The highest BCUT2D eigenvalue weighted by Gasteiger charge is 2.36. The molecular formula is C82H63BrOSi2. The standard InChI is InChI=1S/C56H46OSi2.C26H17Br/c1-58(2,43-35-31-41(32-36-43)55-49-27-15-11-23-45(49)53(39-19-7-5-8-20-39)46-24-12-16-28-50(46)55)57-59(3,4)44-37-33-42(34-38-44)56-51-29-17-13-25-47(51)54(40-21-9-6-10-22-40)48-26-14-18-30-52(48)56;27-20-16-14-19(15-17-20)26-23-12-6-4-10-21(23)25(18-8-2-1-3-9-18)22-11-5-7-13-24(22)26/h5-38H,1-4H3;1-17H. The molecular weight excluding hydrogens is 1140 g/mol. The van der Waals surface area contributed by atoms with Gasteiger partial charge in [-0.15, -0.1) is 0 Å². The van der Waals surface area contributed by atoms with E-state index in [0.29, 0.717) is 0 Å². The fraction of sp³-hybridized carbons (Fsp3) is 0.0488. The van der Waals surface area contributed by atoms with Gasteiger partial charge in [-0.2, -0.15) is 0 Å². The largest absolute Gasteiger partial charge is 0.449 e. The zero-order chi connectivity index (χ0) is 58.4. The van der Waals surface area contributed by atoms with Gasteiger partial charge in [0.2, 0.25) is 16.6 Å². The molecule has 0 N–H and O–H groups in total. The lowest BCUT2D eigenvalue weighted by Crippen LogP contribution is -2.57. The van der Waals surface area contributed by atoms with Crippen molar-refractivity contribution < 1.29 is 4.12 Å². The zero-order valence-electron chi connectivity index (χ0n) is 48.7. The van der Waals surface area contributed by atoms with Crippen LogP contribution in [-0.2, 0) is 4.12 Å². The maximum atomic E-state index is 7.38. The topological polar surface area (TPSA) is 9.23 Å². The Labute approximate surface area is 514 Å². The number of rotatable bonds is 10. The molecule has 0 amide bonds. The molecule has 412 valence electrons. The molecule has 0 unspecified atom stereocenters. The molecule has 15 aromatic carbocycles. The van der Waals surface area contributed by atoms with Gasteiger partial charge in [-0.3, -0.25) is 0 Å². The van der Waals surface area contributed by atoms with Crippen LogP contribution in [-0.4, -0.2) is 16.6 Å². The van der Waals surface area contributed by atoms with Crippen LogP contribution < -0.4 is 10.4 Å². The highest BCUT2D eigenvalue weighted by molar-refractivity contribution is 9.10. The van der Waals surface area contributed by atoms with Crippen LogP contribution >= 0.6 is 15.9 Å². The molecule has 15 rings (SSSR count). The second-order valence-electron chi connectivity index (χ2n) is 23.4. The summed E-state index contributed by atoms with van der Waals surface area (Å²) < 4.78 is 8.47. The molecule has 0 heterocycles. The maximum absolute atomic E-state index is 7.38. The van der Waals surface area contributed by atoms with Gasteiger partial charge < -0.3 is 4.12 Å². The third-order valence-electron chi connectivity index (χ3n) is 17.4. The lowest BCUT2D eigenvalue weighted by molar-refractivity contribution is 0.573. The van der Waals surface area contributed by atoms with E-state index in [1.165, 1.54) is 142 Å². The van der Waals surface area contributed by atoms with Crippen molar-refractivity contribution in [3.63, 3.8) is 0 Å². The lowest BCUT2D eigenvalue weighted by Gasteiger charge is -2.35. The maximum Gasteiger partial charge on any atom is 0.206 e. The molecule has 0 fully saturated rings. The Kier molecular flexibility index (Phi) is 14.6. The van der Waals surface area contributed by atoms with Gasteiger partial charge in [0.05, 0.1) is 0 Å². The van der Waals surface area contributed by atoms with Gasteiger partial charge in [-0.25, -0.2) is 0 Å². The van der Waals surface area contributed by atoms with E-state index in [4.69, 9.17) is 4.12 Å². The van der Waals surface area contributed by atoms with Crippen LogP contribution in [0.3, 0.4) is 0 Å². The van der Waals surface area contributed by atoms with Crippen molar-refractivity contribution in [3.8, 4) is 66.8 Å². The van der Waals surface area contributed by atoms with Crippen LogP contribution in [0.2, 0.25) is 26.2 Å². The van der Waals surface area contributed by atoms with Gasteiger partial charge in [0.15, 0.2) is 0 Å². The van der Waals surface area contributed by atoms with Crippen molar-refractivity contribution in [1.82, 2.24) is 0 Å². The summed E-state index contributed by atoms with van der Waals surface area (Å²) in [5.41, 5.74) is 15.2. The molecule has 0 aliphatic rings. The predicted molar refractivity (Wildman–Crippen MR) is 380 cm³/mol. The quantitative estimate of drug-likeness (QED) is 0.0979. The summed E-state index contributed by atoms with van der Waals surface area (Å²) in [6.07, 6.45) is 0. The van der Waals surface area contributed by atoms with Crippen molar-refractivity contribution in [2.45, 2.75) is 26.2 Å². The fourth-order valence-corrected chi connectivity index (χ4v) is 21.8. The van der Waals surface area contributed by atoms with Crippen molar-refractivity contribution >= 4 is 108 Å². The minimum absolute atomic E-state index is 1.10. The summed E-state index contributed by atoms with van der Waals surface area (Å²) in [4.78, 5) is 0. The fourth-order valence-electron chi connectivity index (χ4n) is 13.5. The molecule has 0 bridgehead atoms. The molecule has 0 radical (unpaired) electrons. The highest BCUT2D eigenvalue weighted by Crippen LogP contribution is 2.47. The molecule has 0 spiro atoms. The number of halogens is 1. The first kappa shape index (κ1) is 54.7. The van der Waals surface area contributed by atoms with E-state index in [-0.39, 0.29) is 0 Å². The van der Waals surface area contributed by atoms with Gasteiger partial charge in [0.25, 0.3) is 0 Å². The minimum Gasteiger partial charge on any atom is -0.449 e. The molecule has 1 nitrogen and oxygen atoms in total. The van der Waals surface area contributed by atoms with E-state index < -0.39 is 16.6 Å². The number of hydrogen-bond acceptors (Lipinski definition) is 1. The predicted octanol–water partition coefficient (Wildman–Crippen LogP) is 22.6. The minimum atomic E-state index is -2.31. The van der Waals surface area contributed by atoms with Crippen LogP contribution in [0.4, 0.5) is 0 Å². The summed E-state index contributed by atoms with van der Waals surface area (Å²) in [6, 6.07) is 113. The number of hydrogen-bond donors (Lipinski definition) is 0. The average molecular weight is 1200 g/mol. The zero-order valence-corrected chi connectivity index (χ0v) is 52.3. The van der Waals surface area contributed by atoms with Crippen molar-refractivity contribution in [1.29, 1.82) is 0 Å². The third-order valence-corrected chi connectivity index (χ3v) is 25.4. The number of benzene rings is 15. The average Bonchev–Trinajstić information content (AvgIpc) is 0.903. The molecule has 4 heteroatoms. The molecule has 15 aromatic rings. The van der Waals surface area contributed by atoms with E-state index in [9.17, 15) is 0 Å². The van der Waals surface area contributed by atoms with Crippen LogP contribution in [0, 0.1) is 0 Å². The van der Waals surface area contributed by atoms with Gasteiger partial charge >= 0.3 is 0 Å². The Morgan fingerprint density at radius 3 is 0.558 bits per heavy atom. The van der Waals surface area contributed by atoms with Crippen LogP contribution in [0.1, 0.15) is 0 Å². The Balaban J connectivity index is 0.000000201. The summed E-state index contributed by atoms with van der Waals surface area (Å²) in [7, 11) is -4.62. The van der Waals surface area contributed by atoms with Gasteiger partial charge in [-0.05, 0) is 180 Å². The Hall–Kier alpha value is -9.27. The first-order valence-corrected chi connectivity index (χ1v) is 36.4. The Morgan fingerprint density at radius 2 is 0.360 bits per heavy atom. The first-order valence-electron chi connectivity index (χ1n) is 29.8. The van der Waals surface area contributed by atoms with E-state index in [0.717, 1.165) is 4.47 Å². The molecule has 0 aromatic heterocycles. The Bertz CT molecular complexity index is 4600. The normalized spacial score (nSPS) is 11.8. The van der Waals surface area contributed by atoms with Crippen molar-refractivity contribution in [3.05, 3.63) is 314 Å². The Morgan fingerprint density at radius 1 is 0.198 bits per heavy atom. The highest BCUT2D eigenvalue weighted by atomic mass is 79.9. The first-order chi connectivity index (χ1) is 42.1. The van der Waals surface area contributed by atoms with Crippen molar-refractivity contribution in [2.24, 2.45) is 0 Å². The van der Waals surface area contributed by atoms with Crippen molar-refractivity contribution in [2.75, 3.05) is 0 Å². The smallest absolute Gasteiger partial charge is 0.206 e. The summed E-state index contributed by atoms with van der Waals surface area (Å²) >= 11 is 3.56. The van der Waals surface area contributed by atoms with E-state index in [2.05, 4.69) is 352 Å². The van der Waals surface area contributed by atoms with Gasteiger partial charge in [0.1, 0.15) is 0 Å². The SMILES string of the molecule is Brc1ccc(-c2c3ccccc3c(-c3ccccc3)c3ccccc23)cc1.C[Si](C)(O[Si](C)(C)c1ccc(-c2c3ccccc3c(-c3ccccc3)c3ccccc23)cc1)c1ccc(-c2c3ccccc3c(-c3ccccc3)c3ccccc23)cc1. The second kappa shape index (κ2) is 23.0. The second-order valence-corrected chi connectivity index (χ2v) is 32.3. The molecule has 0 aliphatic carbocycles. The molecule has 0 atom stereocenters. The van der Waals surface area contributed by atoms with E-state index in [1.807, 2.05) is 0 Å². The van der Waals surface area contributed by atoms with Gasteiger partial charge in [0, 0.05) is 4.47 Å². The third kappa shape index (κ3) is 10.1. The van der Waals surface area contributed by atoms with Gasteiger partial charge in [-0.1, -0.05) is 313 Å². The summed E-state index contributed by atoms with van der Waals surface area (Å²) in [5.74, 6) is 0. The monoisotopic (exact) mass is 1200 g/mol. The lowest BCUT2D eigenvalue weighted by atomic mass is 9.86. The van der Waals surface area contributed by atoms with Crippen LogP contribution in [0.15, 0.2) is 314 Å². The molecule has 0 saturated carbocycles. The molecule has 0 saturated heterocycles. The van der Waals surface area contributed by atoms with Crippen LogP contribution in [0.25, 0.3) is 131 Å². The van der Waals surface area contributed by atoms with Crippen LogP contribution in [0.5, 0.6) is 0 Å². The summed E-state index contributed by atoms with van der Waals surface area (Å²) in [6.45, 7) is 9.43. The molecule has 86 heavy (non-hydrogen) atoms.